The van der Waals surface area contributed by atoms with Gasteiger partial charge >= 0.3 is 12.1 Å². The molecule has 126 valence electrons. The largest absolute Gasteiger partial charge is 0.444 e. The SMILES string of the molecule is CC(C)/C(N)=N/OC(=O)c1ccc(NC(=O)OC(C)(C)C)cc1. The molecule has 23 heavy (non-hydrogen) atoms. The number of hydrogen-bond donors (Lipinski definition) is 2. The van der Waals surface area contributed by atoms with Gasteiger partial charge in [-0.1, -0.05) is 19.0 Å². The number of ether oxygens (including phenoxy) is 1. The summed E-state index contributed by atoms with van der Waals surface area (Å²) < 4.78 is 5.13. The number of oxime groups is 1. The number of carbonyl (C=O) groups is 2. The summed E-state index contributed by atoms with van der Waals surface area (Å²) in [7, 11) is 0. The van der Waals surface area contributed by atoms with Crippen LogP contribution in [0.1, 0.15) is 45.0 Å². The van der Waals surface area contributed by atoms with E-state index in [4.69, 9.17) is 15.3 Å². The fraction of sp³-hybridized carbons (Fsp3) is 0.438. The van der Waals surface area contributed by atoms with Crippen molar-refractivity contribution in [1.29, 1.82) is 0 Å². The van der Waals surface area contributed by atoms with Crippen LogP contribution in [-0.4, -0.2) is 23.5 Å². The van der Waals surface area contributed by atoms with E-state index in [2.05, 4.69) is 10.5 Å². The molecule has 0 atom stereocenters. The third-order valence-electron chi connectivity index (χ3n) is 2.59. The maximum atomic E-state index is 11.8. The summed E-state index contributed by atoms with van der Waals surface area (Å²) in [6.45, 7) is 8.99. The van der Waals surface area contributed by atoms with Crippen molar-refractivity contribution < 1.29 is 19.2 Å². The summed E-state index contributed by atoms with van der Waals surface area (Å²) in [5, 5.41) is 6.14. The molecule has 7 nitrogen and oxygen atoms in total. The molecule has 0 bridgehead atoms. The molecular weight excluding hydrogens is 298 g/mol. The first-order chi connectivity index (χ1) is 10.6. The first kappa shape index (κ1) is 18.5. The lowest BCUT2D eigenvalue weighted by Gasteiger charge is -2.19. The molecule has 7 heteroatoms. The van der Waals surface area contributed by atoms with Gasteiger partial charge in [-0.25, -0.2) is 9.59 Å². The van der Waals surface area contributed by atoms with E-state index < -0.39 is 17.7 Å². The van der Waals surface area contributed by atoms with Gasteiger partial charge in [-0.15, -0.1) is 0 Å². The highest BCUT2D eigenvalue weighted by molar-refractivity contribution is 5.92. The highest BCUT2D eigenvalue weighted by atomic mass is 16.7. The summed E-state index contributed by atoms with van der Waals surface area (Å²) >= 11 is 0. The van der Waals surface area contributed by atoms with E-state index in [1.165, 1.54) is 12.1 Å². The summed E-state index contributed by atoms with van der Waals surface area (Å²) in [4.78, 5) is 28.2. The van der Waals surface area contributed by atoms with Gasteiger partial charge in [0, 0.05) is 11.6 Å². The quantitative estimate of drug-likeness (QED) is 0.384. The number of carbonyl (C=O) groups excluding carboxylic acids is 2. The Hall–Kier alpha value is -2.57. The van der Waals surface area contributed by atoms with Gasteiger partial charge in [0.05, 0.1) is 5.56 Å². The zero-order valence-electron chi connectivity index (χ0n) is 14.0. The van der Waals surface area contributed by atoms with Crippen LogP contribution in [0.2, 0.25) is 0 Å². The first-order valence-electron chi connectivity index (χ1n) is 7.23. The second-order valence-corrected chi connectivity index (χ2v) is 6.25. The number of amides is 1. The first-order valence-corrected chi connectivity index (χ1v) is 7.23. The van der Waals surface area contributed by atoms with E-state index in [-0.39, 0.29) is 11.8 Å². The molecule has 3 N–H and O–H groups in total. The van der Waals surface area contributed by atoms with Crippen LogP contribution in [-0.2, 0) is 9.57 Å². The van der Waals surface area contributed by atoms with Gasteiger partial charge in [-0.05, 0) is 45.0 Å². The number of benzene rings is 1. The van der Waals surface area contributed by atoms with Crippen molar-refractivity contribution in [1.82, 2.24) is 0 Å². The van der Waals surface area contributed by atoms with Gasteiger partial charge in [0.1, 0.15) is 11.4 Å². The standard InChI is InChI=1S/C16H23N3O4/c1-10(2)13(17)19-23-14(20)11-6-8-12(9-7-11)18-15(21)22-16(3,4)5/h6-10H,1-5H3,(H2,17,19)(H,18,21). The molecule has 0 aromatic heterocycles. The molecule has 0 aliphatic rings. The highest BCUT2D eigenvalue weighted by Crippen LogP contribution is 2.13. The Kier molecular flexibility index (Phi) is 6.12. The van der Waals surface area contributed by atoms with Gasteiger partial charge < -0.3 is 15.3 Å². The number of nitrogens with two attached hydrogens (primary N) is 1. The predicted octanol–water partition coefficient (Wildman–Crippen LogP) is 3.12. The molecule has 1 aromatic carbocycles. The van der Waals surface area contributed by atoms with Gasteiger partial charge in [0.25, 0.3) is 0 Å². The fourth-order valence-electron chi connectivity index (χ4n) is 1.36. The fourth-order valence-corrected chi connectivity index (χ4v) is 1.36. The molecular formula is C16H23N3O4. The lowest BCUT2D eigenvalue weighted by molar-refractivity contribution is 0.0513. The molecule has 0 saturated heterocycles. The Morgan fingerprint density at radius 3 is 2.22 bits per heavy atom. The Balaban J connectivity index is 2.64. The lowest BCUT2D eigenvalue weighted by Crippen LogP contribution is -2.27. The zero-order valence-corrected chi connectivity index (χ0v) is 14.0. The minimum Gasteiger partial charge on any atom is -0.444 e. The van der Waals surface area contributed by atoms with E-state index >= 15 is 0 Å². The third-order valence-corrected chi connectivity index (χ3v) is 2.59. The summed E-state index contributed by atoms with van der Waals surface area (Å²) in [5.74, 6) is -0.401. The van der Waals surface area contributed by atoms with Crippen LogP contribution >= 0.6 is 0 Å². The minimum absolute atomic E-state index is 0.0109. The van der Waals surface area contributed by atoms with Crippen LogP contribution in [0.5, 0.6) is 0 Å². The maximum Gasteiger partial charge on any atom is 0.412 e. The normalized spacial score (nSPS) is 12.0. The Bertz CT molecular complexity index is 586. The van der Waals surface area contributed by atoms with Gasteiger partial charge in [-0.3, -0.25) is 5.32 Å². The van der Waals surface area contributed by atoms with Crippen molar-refractivity contribution in [2.24, 2.45) is 16.8 Å². The summed E-state index contributed by atoms with van der Waals surface area (Å²) in [5.41, 5.74) is 5.80. The molecule has 0 aliphatic heterocycles. The average molecular weight is 321 g/mol. The predicted molar refractivity (Wildman–Crippen MR) is 88.2 cm³/mol. The molecule has 0 spiro atoms. The Labute approximate surface area is 135 Å². The van der Waals surface area contributed by atoms with E-state index in [1.807, 2.05) is 13.8 Å². The van der Waals surface area contributed by atoms with Crippen LogP contribution in [0.15, 0.2) is 29.4 Å². The van der Waals surface area contributed by atoms with Crippen molar-refractivity contribution in [3.8, 4) is 0 Å². The van der Waals surface area contributed by atoms with Crippen LogP contribution in [0.4, 0.5) is 10.5 Å². The number of rotatable bonds is 4. The van der Waals surface area contributed by atoms with E-state index in [0.717, 1.165) is 0 Å². The van der Waals surface area contributed by atoms with Crippen molar-refractivity contribution in [3.05, 3.63) is 29.8 Å². The zero-order chi connectivity index (χ0) is 17.6. The van der Waals surface area contributed by atoms with E-state index in [0.29, 0.717) is 11.3 Å². The third kappa shape index (κ3) is 6.82. The van der Waals surface area contributed by atoms with Crippen LogP contribution in [0.25, 0.3) is 0 Å². The number of nitrogens with one attached hydrogen (secondary N) is 1. The van der Waals surface area contributed by atoms with E-state index in [9.17, 15) is 9.59 Å². The monoisotopic (exact) mass is 321 g/mol. The van der Waals surface area contributed by atoms with Crippen molar-refractivity contribution in [2.45, 2.75) is 40.2 Å². The molecule has 1 amide bonds. The Morgan fingerprint density at radius 1 is 1.17 bits per heavy atom. The van der Waals surface area contributed by atoms with Crippen molar-refractivity contribution >= 4 is 23.6 Å². The number of amidine groups is 1. The second kappa shape index (κ2) is 7.62. The highest BCUT2D eigenvalue weighted by Gasteiger charge is 2.16. The maximum absolute atomic E-state index is 11.8. The molecule has 0 heterocycles. The second-order valence-electron chi connectivity index (χ2n) is 6.25. The molecule has 0 unspecified atom stereocenters. The molecule has 0 aliphatic carbocycles. The smallest absolute Gasteiger partial charge is 0.412 e. The topological polar surface area (TPSA) is 103 Å². The van der Waals surface area contributed by atoms with Gasteiger partial charge in [0.2, 0.25) is 0 Å². The van der Waals surface area contributed by atoms with Crippen molar-refractivity contribution in [3.63, 3.8) is 0 Å². The molecule has 0 fully saturated rings. The number of nitrogens with zero attached hydrogens (tertiary/aromatic N) is 1. The van der Waals surface area contributed by atoms with E-state index in [1.54, 1.807) is 32.9 Å². The molecule has 1 aromatic rings. The number of hydrogen-bond acceptors (Lipinski definition) is 5. The lowest BCUT2D eigenvalue weighted by atomic mass is 10.2. The molecule has 0 radical (unpaired) electrons. The summed E-state index contributed by atoms with van der Waals surface area (Å²) in [6, 6.07) is 6.15. The summed E-state index contributed by atoms with van der Waals surface area (Å²) in [6.07, 6.45) is -0.567. The molecule has 1 rings (SSSR count). The minimum atomic E-state index is -0.627. The van der Waals surface area contributed by atoms with Crippen LogP contribution in [0, 0.1) is 5.92 Å². The van der Waals surface area contributed by atoms with Gasteiger partial charge in [0.15, 0.2) is 0 Å². The molecule has 0 saturated carbocycles. The average Bonchev–Trinajstić information content (AvgIpc) is 2.42. The van der Waals surface area contributed by atoms with Crippen LogP contribution in [0.3, 0.4) is 0 Å². The number of anilines is 1. The van der Waals surface area contributed by atoms with Gasteiger partial charge in [-0.2, -0.15) is 0 Å². The van der Waals surface area contributed by atoms with Crippen LogP contribution < -0.4 is 11.1 Å². The van der Waals surface area contributed by atoms with Crippen molar-refractivity contribution in [2.75, 3.05) is 5.32 Å². The Morgan fingerprint density at radius 2 is 1.74 bits per heavy atom.